The number of piperidine rings is 1. The average Bonchev–Trinajstić information content (AvgIpc) is 3.20. The molecule has 6 rings (SSSR count). The van der Waals surface area contributed by atoms with E-state index in [4.69, 9.17) is 14.2 Å². The number of rotatable bonds is 12. The van der Waals surface area contributed by atoms with E-state index in [1.165, 1.54) is 11.1 Å². The first kappa shape index (κ1) is 32.6. The third-order valence-electron chi connectivity index (χ3n) is 11.3. The number of nitrogens with zero attached hydrogens (tertiary/aromatic N) is 1. The number of allylic oxidation sites excluding steroid dienone is 2. The van der Waals surface area contributed by atoms with Crippen LogP contribution in [-0.4, -0.2) is 59.9 Å². The van der Waals surface area contributed by atoms with E-state index in [0.29, 0.717) is 30.2 Å². The van der Waals surface area contributed by atoms with Crippen molar-refractivity contribution >= 4 is 12.4 Å². The maximum atomic E-state index is 13.2. The lowest BCUT2D eigenvalue weighted by Gasteiger charge is -2.46. The predicted molar refractivity (Wildman–Crippen MR) is 178 cm³/mol. The third-order valence-corrected chi connectivity index (χ3v) is 11.3. The molecule has 248 valence electrons. The lowest BCUT2D eigenvalue weighted by atomic mass is 9.68. The van der Waals surface area contributed by atoms with Crippen LogP contribution in [0.15, 0.2) is 48.0 Å². The summed E-state index contributed by atoms with van der Waals surface area (Å²) in [5.74, 6) is 0.854. The van der Waals surface area contributed by atoms with E-state index in [0.717, 1.165) is 93.1 Å². The fraction of sp³-hybridized carbons (Fsp3) is 0.590. The molecule has 0 amide bonds. The van der Waals surface area contributed by atoms with E-state index in [1.54, 1.807) is 0 Å². The van der Waals surface area contributed by atoms with Crippen molar-refractivity contribution in [3.63, 3.8) is 0 Å². The number of esters is 1. The molecule has 7 heteroatoms. The van der Waals surface area contributed by atoms with Crippen LogP contribution in [0.1, 0.15) is 113 Å². The molecule has 3 heterocycles. The highest BCUT2D eigenvalue weighted by atomic mass is 16.6. The number of carbonyl (C=O) groups excluding carboxylic acids is 2. The van der Waals surface area contributed by atoms with Gasteiger partial charge in [0.05, 0.1) is 0 Å². The highest BCUT2D eigenvalue weighted by Gasteiger charge is 2.45. The summed E-state index contributed by atoms with van der Waals surface area (Å²) in [4.78, 5) is 26.6. The lowest BCUT2D eigenvalue weighted by Crippen LogP contribution is -2.45. The van der Waals surface area contributed by atoms with Gasteiger partial charge in [-0.25, -0.2) is 0 Å². The molecule has 0 spiro atoms. The average molecular weight is 630 g/mol. The van der Waals surface area contributed by atoms with Crippen LogP contribution >= 0.6 is 0 Å². The van der Waals surface area contributed by atoms with E-state index < -0.39 is 5.92 Å². The monoisotopic (exact) mass is 629 g/mol. The molecular formula is C39H51NO6. The third kappa shape index (κ3) is 7.00. The van der Waals surface area contributed by atoms with Gasteiger partial charge in [0.25, 0.3) is 6.47 Å². The number of phenols is 1. The van der Waals surface area contributed by atoms with Gasteiger partial charge in [-0.2, -0.15) is 0 Å². The zero-order chi connectivity index (χ0) is 32.4. The van der Waals surface area contributed by atoms with Gasteiger partial charge in [0, 0.05) is 29.5 Å². The normalized spacial score (nSPS) is 27.0. The first-order valence-electron chi connectivity index (χ1n) is 17.4. The van der Waals surface area contributed by atoms with Gasteiger partial charge in [-0.05, 0) is 121 Å². The Morgan fingerprint density at radius 3 is 2.43 bits per heavy atom. The van der Waals surface area contributed by atoms with Crippen molar-refractivity contribution in [2.24, 2.45) is 5.92 Å². The van der Waals surface area contributed by atoms with Crippen LogP contribution in [0.2, 0.25) is 0 Å². The van der Waals surface area contributed by atoms with Crippen LogP contribution in [0.5, 0.6) is 11.5 Å². The molecule has 1 aliphatic carbocycles. The Bertz CT molecular complexity index is 1420. The van der Waals surface area contributed by atoms with E-state index in [1.807, 2.05) is 18.2 Å². The molecule has 2 aromatic rings. The largest absolute Gasteiger partial charge is 0.507 e. The van der Waals surface area contributed by atoms with Crippen LogP contribution < -0.4 is 4.74 Å². The first-order chi connectivity index (χ1) is 22.1. The fourth-order valence-corrected chi connectivity index (χ4v) is 8.62. The Kier molecular flexibility index (Phi) is 9.79. The molecule has 1 N–H and O–H groups in total. The van der Waals surface area contributed by atoms with Gasteiger partial charge in [-0.1, -0.05) is 42.3 Å². The summed E-state index contributed by atoms with van der Waals surface area (Å²) >= 11 is 0. The fourth-order valence-electron chi connectivity index (χ4n) is 8.62. The lowest BCUT2D eigenvalue weighted by molar-refractivity contribution is -0.156. The van der Waals surface area contributed by atoms with Gasteiger partial charge in [0.1, 0.15) is 35.7 Å². The summed E-state index contributed by atoms with van der Waals surface area (Å²) < 4.78 is 17.5. The first-order valence-corrected chi connectivity index (χ1v) is 17.4. The molecule has 0 radical (unpaired) electrons. The minimum Gasteiger partial charge on any atom is -0.507 e. The molecule has 3 aliphatic heterocycles. The van der Waals surface area contributed by atoms with Crippen molar-refractivity contribution in [1.29, 1.82) is 0 Å². The number of hydrogen-bond donors (Lipinski definition) is 1. The molecule has 7 nitrogen and oxygen atoms in total. The molecule has 2 bridgehead atoms. The highest BCUT2D eigenvalue weighted by molar-refractivity contribution is 5.78. The number of carbonyl (C=O) groups is 2. The summed E-state index contributed by atoms with van der Waals surface area (Å²) in [6, 6.07) is 13.1. The quantitative estimate of drug-likeness (QED) is 0.113. The van der Waals surface area contributed by atoms with Gasteiger partial charge in [0.15, 0.2) is 0 Å². The summed E-state index contributed by atoms with van der Waals surface area (Å²) in [6.45, 7) is 6.94. The number of aryl methyl sites for hydroxylation is 2. The molecule has 46 heavy (non-hydrogen) atoms. The van der Waals surface area contributed by atoms with E-state index in [-0.39, 0.29) is 30.2 Å². The molecule has 2 aromatic carbocycles. The minimum atomic E-state index is -0.622. The number of benzene rings is 2. The summed E-state index contributed by atoms with van der Waals surface area (Å²) in [6.07, 6.45) is 13.5. The predicted octanol–water partition coefficient (Wildman–Crippen LogP) is 7.38. The molecule has 5 unspecified atom stereocenters. The van der Waals surface area contributed by atoms with Crippen LogP contribution in [0.25, 0.3) is 0 Å². The Hall–Kier alpha value is -3.32. The Balaban J connectivity index is 1.000. The number of aromatic hydroxyl groups is 1. The Morgan fingerprint density at radius 1 is 1.04 bits per heavy atom. The molecule has 2 fully saturated rings. The Labute approximate surface area is 274 Å². The zero-order valence-electron chi connectivity index (χ0n) is 28.0. The zero-order valence-corrected chi connectivity index (χ0v) is 28.0. The van der Waals surface area contributed by atoms with Crippen LogP contribution in [0, 0.1) is 5.92 Å². The number of hydrogen-bond acceptors (Lipinski definition) is 7. The number of unbranched alkanes of at least 4 members (excludes halogenated alkanes) is 2. The van der Waals surface area contributed by atoms with E-state index in [2.05, 4.69) is 57.0 Å². The second kappa shape index (κ2) is 13.8. The Morgan fingerprint density at radius 2 is 1.74 bits per heavy atom. The minimum absolute atomic E-state index is 0.0144. The van der Waals surface area contributed by atoms with E-state index in [9.17, 15) is 14.7 Å². The van der Waals surface area contributed by atoms with Crippen molar-refractivity contribution in [2.75, 3.05) is 13.7 Å². The second-order valence-corrected chi connectivity index (χ2v) is 14.8. The number of fused-ring (bicyclic) bond motifs is 5. The number of phenolic OH excluding ortho intramolecular Hbond substituents is 1. The summed E-state index contributed by atoms with van der Waals surface area (Å²) in [5, 5.41) is 11.1. The molecule has 4 aliphatic rings. The second-order valence-electron chi connectivity index (χ2n) is 14.8. The van der Waals surface area contributed by atoms with Gasteiger partial charge in [0.2, 0.25) is 0 Å². The smallest absolute Gasteiger partial charge is 0.317 e. The van der Waals surface area contributed by atoms with Gasteiger partial charge < -0.3 is 24.2 Å². The summed E-state index contributed by atoms with van der Waals surface area (Å²) in [5.41, 5.74) is 5.24. The van der Waals surface area contributed by atoms with Crippen molar-refractivity contribution in [3.8, 4) is 11.5 Å². The summed E-state index contributed by atoms with van der Waals surface area (Å²) in [7, 11) is 2.17. The molecule has 0 aromatic heterocycles. The van der Waals surface area contributed by atoms with Gasteiger partial charge in [-0.15, -0.1) is 0 Å². The molecule has 5 atom stereocenters. The SMILES string of the molecule is CC1=CC2c3c(O)cc(CCCCCc4ccc(C(COC=O)C(=O)OC5CC6CCC(C5)N6C)cc4)cc3OC(C)(C)C2CC1. The topological polar surface area (TPSA) is 85.3 Å². The van der Waals surface area contributed by atoms with Crippen molar-refractivity contribution < 1.29 is 28.9 Å². The highest BCUT2D eigenvalue weighted by Crippen LogP contribution is 2.53. The van der Waals surface area contributed by atoms with Crippen LogP contribution in [-0.2, 0) is 31.9 Å². The number of ether oxygens (including phenoxy) is 3. The maximum Gasteiger partial charge on any atom is 0.317 e. The van der Waals surface area contributed by atoms with E-state index >= 15 is 0 Å². The molecule has 0 saturated carbocycles. The van der Waals surface area contributed by atoms with Crippen molar-refractivity contribution in [2.45, 2.75) is 127 Å². The molecule has 2 saturated heterocycles. The maximum absolute atomic E-state index is 13.2. The van der Waals surface area contributed by atoms with Gasteiger partial charge in [-0.3, -0.25) is 9.59 Å². The van der Waals surface area contributed by atoms with Crippen LogP contribution in [0.4, 0.5) is 0 Å². The van der Waals surface area contributed by atoms with Crippen molar-refractivity contribution in [3.05, 3.63) is 70.3 Å². The van der Waals surface area contributed by atoms with Gasteiger partial charge >= 0.3 is 5.97 Å². The van der Waals surface area contributed by atoms with Crippen molar-refractivity contribution in [1.82, 2.24) is 4.90 Å². The molecular weight excluding hydrogens is 578 g/mol. The van der Waals surface area contributed by atoms with Crippen LogP contribution in [0.3, 0.4) is 0 Å². The standard InChI is InChI=1S/C39H51NO6/c1-25-10-17-34-32(18-25)37-35(42)19-27(20-36(37)46-39(34,2)3)9-7-5-6-8-26-11-13-28(14-12-26)33(23-44-24-41)38(43)45-31-21-29-15-16-30(22-31)40(29)4/h11-14,18-20,24,29-34,42H,5-10,15-17,21-23H2,1-4H3.